The van der Waals surface area contributed by atoms with Crippen LogP contribution in [0.5, 0.6) is 11.5 Å². The molecule has 2 aromatic rings. The topological polar surface area (TPSA) is 78.9 Å². The molecule has 0 spiro atoms. The largest absolute Gasteiger partial charge is 0.504 e. The molecule has 1 aliphatic rings. The van der Waals surface area contributed by atoms with E-state index < -0.39 is 11.8 Å². The first-order chi connectivity index (χ1) is 13.3. The molecule has 2 N–H and O–H groups in total. The van der Waals surface area contributed by atoms with Crippen LogP contribution in [0.25, 0.3) is 6.08 Å². The zero-order valence-corrected chi connectivity index (χ0v) is 16.6. The number of carbonyl (C=O) groups excluding carboxylic acids is 2. The highest BCUT2D eigenvalue weighted by molar-refractivity contribution is 7.80. The summed E-state index contributed by atoms with van der Waals surface area (Å²) in [4.78, 5) is 26.8. The number of benzene rings is 2. The molecule has 0 unspecified atom stereocenters. The molecule has 6 nitrogen and oxygen atoms in total. The summed E-state index contributed by atoms with van der Waals surface area (Å²) in [6, 6.07) is 10.2. The van der Waals surface area contributed by atoms with Crippen molar-refractivity contribution in [1.29, 1.82) is 0 Å². The maximum absolute atomic E-state index is 13.1. The second kappa shape index (κ2) is 7.82. The number of aryl methyl sites for hydroxylation is 2. The molecule has 0 saturated carbocycles. The Bertz CT molecular complexity index is 1010. The highest BCUT2D eigenvalue weighted by Crippen LogP contribution is 2.29. The lowest BCUT2D eigenvalue weighted by Crippen LogP contribution is -2.54. The van der Waals surface area contributed by atoms with E-state index in [1.807, 2.05) is 26.0 Å². The fourth-order valence-corrected chi connectivity index (χ4v) is 3.26. The number of carbonyl (C=O) groups is 2. The first-order valence-corrected chi connectivity index (χ1v) is 9.17. The molecule has 1 saturated heterocycles. The number of thiocarbonyl (C=S) groups is 1. The van der Waals surface area contributed by atoms with Crippen LogP contribution in [0.3, 0.4) is 0 Å². The predicted octanol–water partition coefficient (Wildman–Crippen LogP) is 3.24. The Morgan fingerprint density at radius 3 is 2.61 bits per heavy atom. The number of ether oxygens (including phenoxy) is 1. The van der Waals surface area contributed by atoms with Gasteiger partial charge in [0.25, 0.3) is 11.8 Å². The van der Waals surface area contributed by atoms with Gasteiger partial charge in [0.15, 0.2) is 16.6 Å². The van der Waals surface area contributed by atoms with E-state index in [1.165, 1.54) is 17.0 Å². The van der Waals surface area contributed by atoms with Crippen LogP contribution in [0.1, 0.15) is 23.6 Å². The van der Waals surface area contributed by atoms with Crippen molar-refractivity contribution in [2.75, 3.05) is 11.5 Å². The number of anilines is 1. The molecular formula is C21H20N2O4S. The van der Waals surface area contributed by atoms with Crippen LogP contribution >= 0.6 is 12.2 Å². The Morgan fingerprint density at radius 2 is 1.93 bits per heavy atom. The van der Waals surface area contributed by atoms with Crippen molar-refractivity contribution < 1.29 is 19.4 Å². The van der Waals surface area contributed by atoms with E-state index in [-0.39, 0.29) is 22.2 Å². The Labute approximate surface area is 168 Å². The zero-order valence-electron chi connectivity index (χ0n) is 15.8. The Hall–Kier alpha value is -3.19. The van der Waals surface area contributed by atoms with E-state index >= 15 is 0 Å². The first-order valence-electron chi connectivity index (χ1n) is 8.76. The predicted molar refractivity (Wildman–Crippen MR) is 111 cm³/mol. The molecule has 2 amide bonds. The van der Waals surface area contributed by atoms with E-state index in [1.54, 1.807) is 25.1 Å². The van der Waals surface area contributed by atoms with Crippen molar-refractivity contribution in [3.8, 4) is 11.5 Å². The van der Waals surface area contributed by atoms with Gasteiger partial charge in [-0.1, -0.05) is 23.8 Å². The molecule has 144 valence electrons. The molecule has 0 aromatic heterocycles. The van der Waals surface area contributed by atoms with Crippen LogP contribution in [-0.4, -0.2) is 28.6 Å². The second-order valence-electron chi connectivity index (χ2n) is 6.41. The van der Waals surface area contributed by atoms with E-state index in [2.05, 4.69) is 5.32 Å². The lowest BCUT2D eigenvalue weighted by atomic mass is 10.0. The molecule has 2 aromatic carbocycles. The summed E-state index contributed by atoms with van der Waals surface area (Å²) < 4.78 is 5.36. The van der Waals surface area contributed by atoms with Gasteiger partial charge in [-0.3, -0.25) is 19.8 Å². The number of aromatic hydroxyl groups is 1. The molecule has 7 heteroatoms. The summed E-state index contributed by atoms with van der Waals surface area (Å²) in [7, 11) is 0. The number of nitrogens with one attached hydrogen (secondary N) is 1. The third-order valence-electron chi connectivity index (χ3n) is 4.29. The van der Waals surface area contributed by atoms with Gasteiger partial charge in [0.05, 0.1) is 12.3 Å². The molecular weight excluding hydrogens is 376 g/mol. The van der Waals surface area contributed by atoms with Gasteiger partial charge >= 0.3 is 0 Å². The Kier molecular flexibility index (Phi) is 5.46. The summed E-state index contributed by atoms with van der Waals surface area (Å²) in [5, 5.41) is 12.4. The van der Waals surface area contributed by atoms with E-state index in [0.29, 0.717) is 17.9 Å². The number of hydrogen-bond donors (Lipinski definition) is 2. The van der Waals surface area contributed by atoms with Crippen LogP contribution in [0, 0.1) is 13.8 Å². The van der Waals surface area contributed by atoms with Gasteiger partial charge in [-0.15, -0.1) is 0 Å². The number of rotatable bonds is 4. The highest BCUT2D eigenvalue weighted by atomic mass is 32.1. The second-order valence-corrected chi connectivity index (χ2v) is 6.79. The first kappa shape index (κ1) is 19.6. The minimum Gasteiger partial charge on any atom is -0.504 e. The number of nitrogens with zero attached hydrogens (tertiary/aromatic N) is 1. The van der Waals surface area contributed by atoms with Crippen molar-refractivity contribution in [2.45, 2.75) is 20.8 Å². The molecule has 1 heterocycles. The fraction of sp³-hybridized carbons (Fsp3) is 0.190. The summed E-state index contributed by atoms with van der Waals surface area (Å²) in [6.07, 6.45) is 1.46. The maximum Gasteiger partial charge on any atom is 0.270 e. The molecule has 0 radical (unpaired) electrons. The molecule has 0 bridgehead atoms. The summed E-state index contributed by atoms with van der Waals surface area (Å²) in [5.74, 6) is -0.808. The summed E-state index contributed by atoms with van der Waals surface area (Å²) in [6.45, 7) is 6.01. The van der Waals surface area contributed by atoms with Gasteiger partial charge in [0, 0.05) is 0 Å². The number of hydrogen-bond acceptors (Lipinski definition) is 5. The van der Waals surface area contributed by atoms with Gasteiger partial charge in [-0.2, -0.15) is 0 Å². The average molecular weight is 396 g/mol. The third kappa shape index (κ3) is 3.75. The number of amides is 2. The van der Waals surface area contributed by atoms with Crippen LogP contribution in [-0.2, 0) is 9.59 Å². The minimum atomic E-state index is -0.568. The van der Waals surface area contributed by atoms with Crippen molar-refractivity contribution in [2.24, 2.45) is 0 Å². The monoisotopic (exact) mass is 396 g/mol. The van der Waals surface area contributed by atoms with Crippen molar-refractivity contribution in [3.63, 3.8) is 0 Å². The molecule has 3 rings (SSSR count). The minimum absolute atomic E-state index is 0.0125. The number of phenols is 1. The Morgan fingerprint density at radius 1 is 1.18 bits per heavy atom. The molecule has 28 heavy (non-hydrogen) atoms. The molecule has 1 fully saturated rings. The standard InChI is InChI=1S/C21H20N2O4S/c1-4-27-18-11-14(6-8-17(18)24)10-15-19(25)22-21(28)23(20(15)26)16-7-5-12(2)9-13(16)3/h5-11,24H,4H2,1-3H3,(H,22,25,28). The lowest BCUT2D eigenvalue weighted by Gasteiger charge is -2.30. The summed E-state index contributed by atoms with van der Waals surface area (Å²) >= 11 is 5.24. The quantitative estimate of drug-likeness (QED) is 0.471. The van der Waals surface area contributed by atoms with Gasteiger partial charge in [0.2, 0.25) is 0 Å². The van der Waals surface area contributed by atoms with Crippen LogP contribution < -0.4 is 15.0 Å². The summed E-state index contributed by atoms with van der Waals surface area (Å²) in [5.41, 5.74) is 3.04. The van der Waals surface area contributed by atoms with Gasteiger partial charge < -0.3 is 9.84 Å². The zero-order chi connectivity index (χ0) is 20.4. The molecule has 0 aliphatic carbocycles. The number of phenolic OH excluding ortho intramolecular Hbond substituents is 1. The van der Waals surface area contributed by atoms with Gasteiger partial charge in [-0.05, 0) is 68.4 Å². The van der Waals surface area contributed by atoms with Crippen LogP contribution in [0.4, 0.5) is 5.69 Å². The fourth-order valence-electron chi connectivity index (χ4n) is 2.99. The van der Waals surface area contributed by atoms with Crippen molar-refractivity contribution in [1.82, 2.24) is 5.32 Å². The van der Waals surface area contributed by atoms with E-state index in [9.17, 15) is 14.7 Å². The average Bonchev–Trinajstić information content (AvgIpc) is 2.63. The van der Waals surface area contributed by atoms with Crippen molar-refractivity contribution in [3.05, 3.63) is 58.7 Å². The van der Waals surface area contributed by atoms with Crippen LogP contribution in [0.15, 0.2) is 42.0 Å². The SMILES string of the molecule is CCOc1cc(C=C2C(=O)NC(=S)N(c3ccc(C)cc3C)C2=O)ccc1O. The van der Waals surface area contributed by atoms with Gasteiger partial charge in [-0.25, -0.2) is 0 Å². The van der Waals surface area contributed by atoms with Gasteiger partial charge in [0.1, 0.15) is 5.57 Å². The van der Waals surface area contributed by atoms with Crippen LogP contribution in [0.2, 0.25) is 0 Å². The lowest BCUT2D eigenvalue weighted by molar-refractivity contribution is -0.122. The highest BCUT2D eigenvalue weighted by Gasteiger charge is 2.35. The van der Waals surface area contributed by atoms with Crippen molar-refractivity contribution >= 4 is 40.9 Å². The molecule has 1 aliphatic heterocycles. The maximum atomic E-state index is 13.1. The normalized spacial score (nSPS) is 15.8. The van der Waals surface area contributed by atoms with E-state index in [0.717, 1.165) is 11.1 Å². The molecule has 0 atom stereocenters. The smallest absolute Gasteiger partial charge is 0.270 e. The van der Waals surface area contributed by atoms with E-state index in [4.69, 9.17) is 17.0 Å². The Balaban J connectivity index is 2.02. The third-order valence-corrected chi connectivity index (χ3v) is 4.57.